The molecule has 1 saturated heterocycles. The molecule has 0 spiro atoms. The molecular weight excluding hydrogens is 224 g/mol. The van der Waals surface area contributed by atoms with Crippen molar-refractivity contribution < 1.29 is 4.74 Å². The molecule has 18 heavy (non-hydrogen) atoms. The zero-order valence-electron chi connectivity index (χ0n) is 12.3. The predicted octanol–water partition coefficient (Wildman–Crippen LogP) is 2.54. The maximum absolute atomic E-state index is 6.20. The van der Waals surface area contributed by atoms with Gasteiger partial charge in [-0.1, -0.05) is 6.92 Å². The highest BCUT2D eigenvalue weighted by Gasteiger charge is 2.46. The first-order valence-corrected chi connectivity index (χ1v) is 7.68. The predicted molar refractivity (Wildman–Crippen MR) is 75.7 cm³/mol. The Hall–Kier alpha value is -0.120. The molecule has 2 aliphatic rings. The number of methoxy groups -OCH3 is 1. The quantitative estimate of drug-likeness (QED) is 0.838. The second-order valence-corrected chi connectivity index (χ2v) is 6.26. The van der Waals surface area contributed by atoms with Gasteiger partial charge in [-0.2, -0.15) is 0 Å². The molecule has 2 atom stereocenters. The first kappa shape index (κ1) is 14.3. The van der Waals surface area contributed by atoms with E-state index in [1.54, 1.807) is 0 Å². The minimum atomic E-state index is 0.256. The first-order valence-electron chi connectivity index (χ1n) is 7.68. The number of likely N-dealkylation sites (tertiary alicyclic amines) is 1. The fourth-order valence-corrected chi connectivity index (χ4v) is 4.26. The standard InChI is InChI=1S/C15H30N2O/c1-4-13-6-5-12(2)17(13)15(11-16)9-7-14(18-3)8-10-15/h12-14H,4-11,16H2,1-3H3. The van der Waals surface area contributed by atoms with E-state index in [9.17, 15) is 0 Å². The summed E-state index contributed by atoms with van der Waals surface area (Å²) in [6.45, 7) is 5.51. The number of ether oxygens (including phenoxy) is 1. The highest BCUT2D eigenvalue weighted by Crippen LogP contribution is 2.41. The van der Waals surface area contributed by atoms with Gasteiger partial charge in [-0.05, 0) is 51.9 Å². The lowest BCUT2D eigenvalue weighted by molar-refractivity contribution is -0.0277. The lowest BCUT2D eigenvalue weighted by Gasteiger charge is -2.50. The molecule has 3 nitrogen and oxygen atoms in total. The van der Waals surface area contributed by atoms with Crippen LogP contribution in [0.5, 0.6) is 0 Å². The van der Waals surface area contributed by atoms with E-state index in [4.69, 9.17) is 10.5 Å². The number of rotatable bonds is 4. The van der Waals surface area contributed by atoms with E-state index >= 15 is 0 Å². The third kappa shape index (κ3) is 2.45. The van der Waals surface area contributed by atoms with Crippen LogP contribution in [0.2, 0.25) is 0 Å². The molecule has 106 valence electrons. The van der Waals surface area contributed by atoms with E-state index in [-0.39, 0.29) is 5.54 Å². The molecule has 0 aromatic carbocycles. The Morgan fingerprint density at radius 2 is 1.89 bits per heavy atom. The second-order valence-electron chi connectivity index (χ2n) is 6.26. The average molecular weight is 254 g/mol. The monoisotopic (exact) mass is 254 g/mol. The van der Waals surface area contributed by atoms with Crippen molar-refractivity contribution in [2.75, 3.05) is 13.7 Å². The van der Waals surface area contributed by atoms with Crippen molar-refractivity contribution in [3.05, 3.63) is 0 Å². The second kappa shape index (κ2) is 5.89. The molecular formula is C15H30N2O. The summed E-state index contributed by atoms with van der Waals surface area (Å²) in [5.74, 6) is 0. The van der Waals surface area contributed by atoms with Crippen LogP contribution in [0.15, 0.2) is 0 Å². The van der Waals surface area contributed by atoms with Crippen LogP contribution < -0.4 is 5.73 Å². The molecule has 3 heteroatoms. The lowest BCUT2D eigenvalue weighted by Crippen LogP contribution is -2.59. The smallest absolute Gasteiger partial charge is 0.0572 e. The Kier molecular flexibility index (Phi) is 4.68. The minimum Gasteiger partial charge on any atom is -0.381 e. The summed E-state index contributed by atoms with van der Waals surface area (Å²) in [4.78, 5) is 2.78. The van der Waals surface area contributed by atoms with Crippen molar-refractivity contribution in [3.8, 4) is 0 Å². The molecule has 2 N–H and O–H groups in total. The van der Waals surface area contributed by atoms with Crippen LogP contribution in [0, 0.1) is 0 Å². The van der Waals surface area contributed by atoms with Crippen LogP contribution in [-0.2, 0) is 4.74 Å². The van der Waals surface area contributed by atoms with Crippen molar-refractivity contribution in [2.45, 2.75) is 82.5 Å². The maximum Gasteiger partial charge on any atom is 0.0572 e. The number of nitrogens with two attached hydrogens (primary N) is 1. The SMILES string of the molecule is CCC1CCC(C)N1C1(CN)CCC(OC)CC1. The molecule has 2 fully saturated rings. The average Bonchev–Trinajstić information content (AvgIpc) is 2.80. The molecule has 0 aromatic heterocycles. The van der Waals surface area contributed by atoms with Crippen molar-refractivity contribution in [2.24, 2.45) is 5.73 Å². The molecule has 0 amide bonds. The van der Waals surface area contributed by atoms with Gasteiger partial charge in [0.2, 0.25) is 0 Å². The largest absolute Gasteiger partial charge is 0.381 e. The summed E-state index contributed by atoms with van der Waals surface area (Å²) in [6.07, 6.45) is 9.19. The molecule has 0 radical (unpaired) electrons. The third-order valence-electron chi connectivity index (χ3n) is 5.38. The molecule has 1 aliphatic heterocycles. The Labute approximate surface area is 112 Å². The van der Waals surface area contributed by atoms with Crippen LogP contribution >= 0.6 is 0 Å². The van der Waals surface area contributed by atoms with Crippen molar-refractivity contribution in [3.63, 3.8) is 0 Å². The van der Waals surface area contributed by atoms with Gasteiger partial charge in [-0.15, -0.1) is 0 Å². The van der Waals surface area contributed by atoms with Gasteiger partial charge in [0.1, 0.15) is 0 Å². The van der Waals surface area contributed by atoms with Gasteiger partial charge in [0.25, 0.3) is 0 Å². The molecule has 0 bridgehead atoms. The van der Waals surface area contributed by atoms with E-state index in [1.165, 1.54) is 44.9 Å². The van der Waals surface area contributed by atoms with Gasteiger partial charge in [-0.3, -0.25) is 4.90 Å². The number of hydrogen-bond donors (Lipinski definition) is 1. The normalized spacial score (nSPS) is 42.3. The molecule has 2 rings (SSSR count). The van der Waals surface area contributed by atoms with E-state index in [0.29, 0.717) is 12.1 Å². The van der Waals surface area contributed by atoms with Crippen molar-refractivity contribution in [1.82, 2.24) is 4.90 Å². The molecule has 1 aliphatic carbocycles. The minimum absolute atomic E-state index is 0.256. The Morgan fingerprint density at radius 1 is 1.22 bits per heavy atom. The van der Waals surface area contributed by atoms with Crippen molar-refractivity contribution >= 4 is 0 Å². The number of nitrogens with zero attached hydrogens (tertiary/aromatic N) is 1. The summed E-state index contributed by atoms with van der Waals surface area (Å²) in [7, 11) is 1.84. The third-order valence-corrected chi connectivity index (χ3v) is 5.38. The van der Waals surface area contributed by atoms with Crippen LogP contribution in [0.4, 0.5) is 0 Å². The van der Waals surface area contributed by atoms with E-state index in [2.05, 4.69) is 18.7 Å². The van der Waals surface area contributed by atoms with Gasteiger partial charge in [0, 0.05) is 31.3 Å². The Morgan fingerprint density at radius 3 is 2.39 bits per heavy atom. The summed E-state index contributed by atoms with van der Waals surface area (Å²) < 4.78 is 5.51. The molecule has 2 unspecified atom stereocenters. The van der Waals surface area contributed by atoms with Gasteiger partial charge in [-0.25, -0.2) is 0 Å². The van der Waals surface area contributed by atoms with Crippen LogP contribution in [0.3, 0.4) is 0 Å². The van der Waals surface area contributed by atoms with E-state index in [1.807, 2.05) is 7.11 Å². The van der Waals surface area contributed by atoms with Gasteiger partial charge < -0.3 is 10.5 Å². The summed E-state index contributed by atoms with van der Waals surface area (Å²) in [5, 5.41) is 0. The summed E-state index contributed by atoms with van der Waals surface area (Å²) in [6, 6.07) is 1.46. The van der Waals surface area contributed by atoms with Gasteiger partial charge >= 0.3 is 0 Å². The van der Waals surface area contributed by atoms with E-state index < -0.39 is 0 Å². The lowest BCUT2D eigenvalue weighted by atomic mass is 9.78. The van der Waals surface area contributed by atoms with Gasteiger partial charge in [0.05, 0.1) is 6.10 Å². The highest BCUT2D eigenvalue weighted by molar-refractivity contribution is 5.02. The summed E-state index contributed by atoms with van der Waals surface area (Å²) >= 11 is 0. The van der Waals surface area contributed by atoms with Crippen molar-refractivity contribution in [1.29, 1.82) is 0 Å². The number of hydrogen-bond acceptors (Lipinski definition) is 3. The maximum atomic E-state index is 6.20. The highest BCUT2D eigenvalue weighted by atomic mass is 16.5. The van der Waals surface area contributed by atoms with Crippen LogP contribution in [-0.4, -0.2) is 42.3 Å². The van der Waals surface area contributed by atoms with Crippen LogP contribution in [0.1, 0.15) is 58.8 Å². The molecule has 1 heterocycles. The molecule has 0 aromatic rings. The van der Waals surface area contributed by atoms with E-state index in [0.717, 1.165) is 12.6 Å². The summed E-state index contributed by atoms with van der Waals surface area (Å²) in [5.41, 5.74) is 6.46. The zero-order valence-corrected chi connectivity index (χ0v) is 12.3. The van der Waals surface area contributed by atoms with Crippen LogP contribution in [0.25, 0.3) is 0 Å². The topological polar surface area (TPSA) is 38.5 Å². The molecule has 1 saturated carbocycles. The Bertz CT molecular complexity index is 261. The fourth-order valence-electron chi connectivity index (χ4n) is 4.26. The Balaban J connectivity index is 2.12. The van der Waals surface area contributed by atoms with Gasteiger partial charge in [0.15, 0.2) is 0 Å². The fraction of sp³-hybridized carbons (Fsp3) is 1.00. The zero-order chi connectivity index (χ0) is 13.2. The first-order chi connectivity index (χ1) is 8.66.